The lowest BCUT2D eigenvalue weighted by molar-refractivity contribution is 0.126. The van der Waals surface area contributed by atoms with Gasteiger partial charge in [0.1, 0.15) is 19.5 Å². The van der Waals surface area contributed by atoms with Crippen LogP contribution in [0.15, 0.2) is 48.7 Å². The van der Waals surface area contributed by atoms with E-state index in [1.54, 1.807) is 6.26 Å². The van der Waals surface area contributed by atoms with Gasteiger partial charge in [-0.2, -0.15) is 0 Å². The second-order valence-corrected chi connectivity index (χ2v) is 6.32. The molecule has 0 N–H and O–H groups in total. The van der Waals surface area contributed by atoms with Crippen molar-refractivity contribution in [2.45, 2.75) is 12.8 Å². The van der Waals surface area contributed by atoms with Crippen LogP contribution in [0.3, 0.4) is 0 Å². The predicted octanol–water partition coefficient (Wildman–Crippen LogP) is 3.69. The third kappa shape index (κ3) is 2.03. The minimum absolute atomic E-state index is 0.605. The maximum absolute atomic E-state index is 5.80. The zero-order chi connectivity index (χ0) is 15.9. The molecule has 3 aromatic rings. The molecule has 0 saturated carbocycles. The SMILES string of the molecule is C1=C(c2cccc3c2ccc2c4c(ccc23)=CCCC=4)OCCO1. The second-order valence-electron chi connectivity index (χ2n) is 6.32. The van der Waals surface area contributed by atoms with Crippen LogP contribution in [-0.4, -0.2) is 13.2 Å². The van der Waals surface area contributed by atoms with Crippen LogP contribution >= 0.6 is 0 Å². The van der Waals surface area contributed by atoms with Gasteiger partial charge in [0.2, 0.25) is 0 Å². The van der Waals surface area contributed by atoms with Gasteiger partial charge < -0.3 is 9.47 Å². The fourth-order valence-electron chi connectivity index (χ4n) is 3.81. The van der Waals surface area contributed by atoms with E-state index in [0.717, 1.165) is 24.2 Å². The van der Waals surface area contributed by atoms with Gasteiger partial charge >= 0.3 is 0 Å². The lowest BCUT2D eigenvalue weighted by Crippen LogP contribution is -2.27. The summed E-state index contributed by atoms with van der Waals surface area (Å²) in [6.07, 6.45) is 8.71. The summed E-state index contributed by atoms with van der Waals surface area (Å²) in [5.74, 6) is 0.823. The topological polar surface area (TPSA) is 18.5 Å². The van der Waals surface area contributed by atoms with Crippen molar-refractivity contribution in [1.82, 2.24) is 0 Å². The van der Waals surface area contributed by atoms with E-state index in [1.165, 1.54) is 32.0 Å². The number of benzene rings is 3. The Bertz CT molecular complexity index is 1110. The van der Waals surface area contributed by atoms with E-state index in [4.69, 9.17) is 9.47 Å². The van der Waals surface area contributed by atoms with Crippen LogP contribution in [0.4, 0.5) is 0 Å². The fourth-order valence-corrected chi connectivity index (χ4v) is 3.81. The smallest absolute Gasteiger partial charge is 0.161 e. The highest BCUT2D eigenvalue weighted by Crippen LogP contribution is 2.31. The molecule has 0 atom stereocenters. The predicted molar refractivity (Wildman–Crippen MR) is 98.7 cm³/mol. The summed E-state index contributed by atoms with van der Waals surface area (Å²) in [7, 11) is 0. The largest absolute Gasteiger partial charge is 0.494 e. The molecule has 118 valence electrons. The van der Waals surface area contributed by atoms with E-state index in [1.807, 2.05) is 0 Å². The quantitative estimate of drug-likeness (QED) is 0.638. The van der Waals surface area contributed by atoms with Crippen molar-refractivity contribution in [2.75, 3.05) is 13.2 Å². The summed E-state index contributed by atoms with van der Waals surface area (Å²) >= 11 is 0. The Morgan fingerprint density at radius 3 is 2.46 bits per heavy atom. The van der Waals surface area contributed by atoms with E-state index in [-0.39, 0.29) is 0 Å². The highest BCUT2D eigenvalue weighted by atomic mass is 16.6. The maximum atomic E-state index is 5.80. The fraction of sp³-hybridized carbons (Fsp3) is 0.182. The molecule has 1 aliphatic heterocycles. The third-order valence-corrected chi connectivity index (χ3v) is 4.93. The Kier molecular flexibility index (Phi) is 3.08. The number of ether oxygens (including phenoxy) is 2. The molecule has 2 heteroatoms. The van der Waals surface area contributed by atoms with Gasteiger partial charge in [-0.15, -0.1) is 0 Å². The van der Waals surface area contributed by atoms with Crippen molar-refractivity contribution in [3.63, 3.8) is 0 Å². The van der Waals surface area contributed by atoms with Gasteiger partial charge in [0.15, 0.2) is 5.76 Å². The minimum atomic E-state index is 0.605. The zero-order valence-corrected chi connectivity index (χ0v) is 13.4. The first-order chi connectivity index (χ1) is 11.9. The van der Waals surface area contributed by atoms with Crippen LogP contribution < -0.4 is 10.4 Å². The Labute approximate surface area is 140 Å². The molecule has 0 spiro atoms. The second kappa shape index (κ2) is 5.41. The molecule has 0 amide bonds. The van der Waals surface area contributed by atoms with Crippen molar-refractivity contribution in [1.29, 1.82) is 0 Å². The molecule has 0 saturated heterocycles. The lowest BCUT2D eigenvalue weighted by atomic mass is 9.94. The first-order valence-electron chi connectivity index (χ1n) is 8.52. The average molecular weight is 314 g/mol. The average Bonchev–Trinajstić information content (AvgIpc) is 2.67. The summed E-state index contributed by atoms with van der Waals surface area (Å²) in [4.78, 5) is 0. The van der Waals surface area contributed by atoms with Crippen LogP contribution in [0, 0.1) is 0 Å². The third-order valence-electron chi connectivity index (χ3n) is 4.93. The molecule has 0 unspecified atom stereocenters. The van der Waals surface area contributed by atoms with Gasteiger partial charge in [0.25, 0.3) is 0 Å². The Morgan fingerprint density at radius 1 is 0.708 bits per heavy atom. The number of hydrogen-bond acceptors (Lipinski definition) is 2. The summed E-state index contributed by atoms with van der Waals surface area (Å²) in [5.41, 5.74) is 1.10. The molecule has 5 rings (SSSR count). The first kappa shape index (κ1) is 13.7. The van der Waals surface area contributed by atoms with Crippen molar-refractivity contribution in [2.24, 2.45) is 0 Å². The highest BCUT2D eigenvalue weighted by Gasteiger charge is 2.13. The molecular weight excluding hydrogens is 296 g/mol. The van der Waals surface area contributed by atoms with Gasteiger partial charge in [-0.3, -0.25) is 0 Å². The molecule has 0 aromatic heterocycles. The van der Waals surface area contributed by atoms with Crippen LogP contribution in [0.25, 0.3) is 39.5 Å². The van der Waals surface area contributed by atoms with Crippen molar-refractivity contribution in [3.8, 4) is 0 Å². The number of hydrogen-bond donors (Lipinski definition) is 0. The Hall–Kier alpha value is -2.74. The van der Waals surface area contributed by atoms with Gasteiger partial charge in [0.05, 0.1) is 0 Å². The normalized spacial score (nSPS) is 16.4. The van der Waals surface area contributed by atoms with Gasteiger partial charge in [0, 0.05) is 5.56 Å². The molecule has 1 heterocycles. The molecule has 0 radical (unpaired) electrons. The van der Waals surface area contributed by atoms with Crippen molar-refractivity contribution < 1.29 is 9.47 Å². The molecule has 24 heavy (non-hydrogen) atoms. The lowest BCUT2D eigenvalue weighted by Gasteiger charge is -2.17. The van der Waals surface area contributed by atoms with E-state index >= 15 is 0 Å². The molecule has 2 nitrogen and oxygen atoms in total. The van der Waals surface area contributed by atoms with Crippen LogP contribution in [0.1, 0.15) is 18.4 Å². The molecule has 2 aliphatic rings. The number of fused-ring (bicyclic) bond motifs is 5. The van der Waals surface area contributed by atoms with E-state index < -0.39 is 0 Å². The van der Waals surface area contributed by atoms with Gasteiger partial charge in [-0.25, -0.2) is 0 Å². The van der Waals surface area contributed by atoms with E-state index in [0.29, 0.717) is 13.2 Å². The van der Waals surface area contributed by atoms with E-state index in [9.17, 15) is 0 Å². The summed E-state index contributed by atoms with van der Waals surface area (Å²) in [6, 6.07) is 15.4. The molecule has 1 aliphatic carbocycles. The van der Waals surface area contributed by atoms with Crippen molar-refractivity contribution in [3.05, 3.63) is 64.7 Å². The minimum Gasteiger partial charge on any atom is -0.494 e. The van der Waals surface area contributed by atoms with Gasteiger partial charge in [-0.05, 0) is 44.8 Å². The highest BCUT2D eigenvalue weighted by molar-refractivity contribution is 6.10. The first-order valence-corrected chi connectivity index (χ1v) is 8.52. The van der Waals surface area contributed by atoms with Crippen LogP contribution in [0.2, 0.25) is 0 Å². The standard InChI is InChI=1S/C22H18O2/c1-2-5-16-15(4-1)8-9-19-17-6-3-7-21(20(17)11-10-18(16)19)22-14-23-12-13-24-22/h3-11,14H,1-2,12-13H2. The van der Waals surface area contributed by atoms with Gasteiger partial charge in [-0.1, -0.05) is 54.6 Å². The maximum Gasteiger partial charge on any atom is 0.161 e. The Morgan fingerprint density at radius 2 is 1.54 bits per heavy atom. The summed E-state index contributed by atoms with van der Waals surface area (Å²) in [6.45, 7) is 1.23. The van der Waals surface area contributed by atoms with Crippen LogP contribution in [0.5, 0.6) is 0 Å². The molecule has 0 fully saturated rings. The zero-order valence-electron chi connectivity index (χ0n) is 13.4. The number of rotatable bonds is 1. The summed E-state index contributed by atoms with van der Waals surface area (Å²) < 4.78 is 11.3. The van der Waals surface area contributed by atoms with Crippen LogP contribution in [-0.2, 0) is 9.47 Å². The summed E-state index contributed by atoms with van der Waals surface area (Å²) in [5, 5.41) is 7.85. The van der Waals surface area contributed by atoms with Crippen molar-refractivity contribution >= 4 is 39.5 Å². The molecule has 0 bridgehead atoms. The molecule has 3 aromatic carbocycles. The monoisotopic (exact) mass is 314 g/mol. The Balaban J connectivity index is 1.85. The molecular formula is C22H18O2. The van der Waals surface area contributed by atoms with E-state index in [2.05, 4.69) is 54.6 Å².